The Kier molecular flexibility index (Phi) is 4.51. The number of nitrogens with two attached hydrogens (primary N) is 1. The highest BCUT2D eigenvalue weighted by Gasteiger charge is 2.30. The molecule has 1 aliphatic heterocycles. The van der Waals surface area contributed by atoms with Crippen LogP contribution in [0.5, 0.6) is 0 Å². The number of carbonyl (C=O) groups excluding carboxylic acids is 1. The van der Waals surface area contributed by atoms with Crippen molar-refractivity contribution in [3.8, 4) is 0 Å². The van der Waals surface area contributed by atoms with E-state index in [4.69, 9.17) is 18.0 Å². The first kappa shape index (κ1) is 12.4. The van der Waals surface area contributed by atoms with E-state index in [-0.39, 0.29) is 11.9 Å². The predicted octanol–water partition coefficient (Wildman–Crippen LogP) is 1.70. The Hall–Kier alpha value is -0.640. The minimum Gasteiger partial charge on any atom is -0.392 e. The Morgan fingerprint density at radius 1 is 1.67 bits per heavy atom. The van der Waals surface area contributed by atoms with E-state index in [0.717, 1.165) is 25.8 Å². The van der Waals surface area contributed by atoms with Gasteiger partial charge in [0.25, 0.3) is 0 Å². The molecular weight excluding hydrogens is 208 g/mol. The maximum Gasteiger partial charge on any atom is 0.223 e. The normalized spacial score (nSPS) is 22.8. The average Bonchev–Trinajstić information content (AvgIpc) is 2.65. The molecule has 3 nitrogen and oxygen atoms in total. The van der Waals surface area contributed by atoms with Gasteiger partial charge in [0.1, 0.15) is 0 Å². The van der Waals surface area contributed by atoms with Crippen molar-refractivity contribution in [1.29, 1.82) is 0 Å². The molecule has 0 bridgehead atoms. The fourth-order valence-corrected chi connectivity index (χ4v) is 2.17. The third-order valence-electron chi connectivity index (χ3n) is 3.12. The summed E-state index contributed by atoms with van der Waals surface area (Å²) in [6.45, 7) is 5.02. The quantitative estimate of drug-likeness (QED) is 0.745. The molecule has 86 valence electrons. The molecule has 1 amide bonds. The van der Waals surface area contributed by atoms with E-state index < -0.39 is 0 Å². The van der Waals surface area contributed by atoms with Crippen LogP contribution in [0.3, 0.4) is 0 Å². The number of amides is 1. The van der Waals surface area contributed by atoms with Crippen LogP contribution in [0, 0.1) is 5.92 Å². The summed E-state index contributed by atoms with van der Waals surface area (Å²) in [6.07, 6.45) is 3.61. The molecule has 0 aromatic carbocycles. The molecule has 0 aromatic heterocycles. The van der Waals surface area contributed by atoms with Gasteiger partial charge in [-0.15, -0.1) is 0 Å². The van der Waals surface area contributed by atoms with Crippen molar-refractivity contribution in [2.45, 2.75) is 45.6 Å². The molecule has 0 aliphatic carbocycles. The maximum absolute atomic E-state index is 11.9. The fourth-order valence-electron chi connectivity index (χ4n) is 1.92. The molecule has 1 heterocycles. The van der Waals surface area contributed by atoms with Gasteiger partial charge in [0, 0.05) is 13.0 Å². The minimum atomic E-state index is 0.0107. The van der Waals surface area contributed by atoms with Crippen LogP contribution in [0.2, 0.25) is 0 Å². The monoisotopic (exact) mass is 228 g/mol. The summed E-state index contributed by atoms with van der Waals surface area (Å²) in [5.74, 6) is 0.657. The number of hydrogen-bond donors (Lipinski definition) is 1. The molecule has 1 fully saturated rings. The molecular formula is C11H20N2OS. The van der Waals surface area contributed by atoms with Gasteiger partial charge in [0.2, 0.25) is 5.91 Å². The van der Waals surface area contributed by atoms with E-state index in [1.54, 1.807) is 0 Å². The van der Waals surface area contributed by atoms with Crippen LogP contribution >= 0.6 is 12.2 Å². The Balaban J connectivity index is 2.55. The van der Waals surface area contributed by atoms with Crippen molar-refractivity contribution in [2.24, 2.45) is 11.7 Å². The Bertz CT molecular complexity index is 255. The minimum absolute atomic E-state index is 0.0107. The lowest BCUT2D eigenvalue weighted by Gasteiger charge is -2.24. The van der Waals surface area contributed by atoms with E-state index in [1.807, 2.05) is 4.90 Å². The largest absolute Gasteiger partial charge is 0.392 e. The Labute approximate surface area is 97.0 Å². The first-order valence-corrected chi connectivity index (χ1v) is 6.05. The van der Waals surface area contributed by atoms with Crippen LogP contribution < -0.4 is 5.73 Å². The lowest BCUT2D eigenvalue weighted by Crippen LogP contribution is -2.43. The number of thiocarbonyl (C=S) groups is 1. The molecule has 0 spiro atoms. The van der Waals surface area contributed by atoms with Crippen molar-refractivity contribution in [1.82, 2.24) is 4.90 Å². The van der Waals surface area contributed by atoms with E-state index in [0.29, 0.717) is 17.3 Å². The first-order chi connectivity index (χ1) is 7.06. The van der Waals surface area contributed by atoms with Gasteiger partial charge in [-0.3, -0.25) is 4.79 Å². The molecule has 1 saturated heterocycles. The lowest BCUT2D eigenvalue weighted by molar-refractivity contribution is -0.131. The highest BCUT2D eigenvalue weighted by atomic mass is 32.1. The average molecular weight is 228 g/mol. The van der Waals surface area contributed by atoms with E-state index in [1.165, 1.54) is 0 Å². The molecule has 15 heavy (non-hydrogen) atoms. The second kappa shape index (κ2) is 5.45. The zero-order chi connectivity index (χ0) is 11.4. The molecule has 4 heteroatoms. The molecule has 2 unspecified atom stereocenters. The van der Waals surface area contributed by atoms with Gasteiger partial charge >= 0.3 is 0 Å². The molecule has 0 radical (unpaired) electrons. The second-order valence-electron chi connectivity index (χ2n) is 4.37. The number of nitrogens with zero attached hydrogens (tertiary/aromatic N) is 1. The van der Waals surface area contributed by atoms with Crippen molar-refractivity contribution in [3.63, 3.8) is 0 Å². The van der Waals surface area contributed by atoms with Gasteiger partial charge in [0.05, 0.1) is 11.0 Å². The van der Waals surface area contributed by atoms with Gasteiger partial charge in [0.15, 0.2) is 0 Å². The summed E-state index contributed by atoms with van der Waals surface area (Å²) >= 11 is 4.98. The summed E-state index contributed by atoms with van der Waals surface area (Å²) in [7, 11) is 0. The van der Waals surface area contributed by atoms with Crippen LogP contribution in [-0.2, 0) is 4.79 Å². The van der Waals surface area contributed by atoms with E-state index in [2.05, 4.69) is 13.8 Å². The van der Waals surface area contributed by atoms with Gasteiger partial charge in [-0.1, -0.05) is 32.5 Å². The van der Waals surface area contributed by atoms with Crippen LogP contribution in [-0.4, -0.2) is 28.4 Å². The number of hydrogen-bond acceptors (Lipinski definition) is 2. The molecule has 0 saturated carbocycles. The molecule has 2 atom stereocenters. The Morgan fingerprint density at radius 3 is 2.87 bits per heavy atom. The van der Waals surface area contributed by atoms with Gasteiger partial charge < -0.3 is 10.6 Å². The summed E-state index contributed by atoms with van der Waals surface area (Å²) in [6, 6.07) is 0.0107. The third kappa shape index (κ3) is 3.16. The fraction of sp³-hybridized carbons (Fsp3) is 0.818. The number of carbonyl (C=O) groups is 1. The van der Waals surface area contributed by atoms with Crippen molar-refractivity contribution < 1.29 is 4.79 Å². The zero-order valence-electron chi connectivity index (χ0n) is 9.53. The third-order valence-corrected chi connectivity index (χ3v) is 3.39. The molecule has 1 aliphatic rings. The summed E-state index contributed by atoms with van der Waals surface area (Å²) in [5, 5.41) is 0. The highest BCUT2D eigenvalue weighted by Crippen LogP contribution is 2.20. The van der Waals surface area contributed by atoms with Crippen molar-refractivity contribution in [3.05, 3.63) is 0 Å². The standard InChI is InChI=1S/C11H20N2OS/c1-3-8(2)7-10(14)13-6-4-5-9(13)11(12)15/h8-9H,3-7H2,1-2H3,(H2,12,15). The molecule has 2 N–H and O–H groups in total. The summed E-state index contributed by atoms with van der Waals surface area (Å²) < 4.78 is 0. The predicted molar refractivity (Wildman–Crippen MR) is 65.6 cm³/mol. The van der Waals surface area contributed by atoms with Crippen LogP contribution in [0.4, 0.5) is 0 Å². The number of rotatable bonds is 4. The van der Waals surface area contributed by atoms with E-state index in [9.17, 15) is 4.79 Å². The second-order valence-corrected chi connectivity index (χ2v) is 4.84. The smallest absolute Gasteiger partial charge is 0.223 e. The maximum atomic E-state index is 11.9. The lowest BCUT2D eigenvalue weighted by atomic mass is 10.0. The first-order valence-electron chi connectivity index (χ1n) is 5.65. The van der Waals surface area contributed by atoms with Crippen molar-refractivity contribution >= 4 is 23.1 Å². The summed E-state index contributed by atoms with van der Waals surface area (Å²) in [4.78, 5) is 14.3. The van der Waals surface area contributed by atoms with Gasteiger partial charge in [-0.25, -0.2) is 0 Å². The van der Waals surface area contributed by atoms with Gasteiger partial charge in [-0.05, 0) is 18.8 Å². The SMILES string of the molecule is CCC(C)CC(=O)N1CCCC1C(N)=S. The molecule has 1 rings (SSSR count). The highest BCUT2D eigenvalue weighted by molar-refractivity contribution is 7.80. The summed E-state index contributed by atoms with van der Waals surface area (Å²) in [5.41, 5.74) is 5.63. The van der Waals surface area contributed by atoms with Crippen LogP contribution in [0.15, 0.2) is 0 Å². The van der Waals surface area contributed by atoms with Crippen LogP contribution in [0.25, 0.3) is 0 Å². The topological polar surface area (TPSA) is 46.3 Å². The Morgan fingerprint density at radius 2 is 2.33 bits per heavy atom. The molecule has 0 aromatic rings. The van der Waals surface area contributed by atoms with Crippen molar-refractivity contribution in [2.75, 3.05) is 6.54 Å². The van der Waals surface area contributed by atoms with Gasteiger partial charge in [-0.2, -0.15) is 0 Å². The zero-order valence-corrected chi connectivity index (χ0v) is 10.3. The van der Waals surface area contributed by atoms with E-state index >= 15 is 0 Å². The van der Waals surface area contributed by atoms with Crippen LogP contribution in [0.1, 0.15) is 39.5 Å². The number of likely N-dealkylation sites (tertiary alicyclic amines) is 1.